The van der Waals surface area contributed by atoms with Crippen molar-refractivity contribution in [2.24, 2.45) is 0 Å². The number of pyridine rings is 1. The van der Waals surface area contributed by atoms with Gasteiger partial charge in [0.25, 0.3) is 0 Å². The first kappa shape index (κ1) is 15.2. The zero-order chi connectivity index (χ0) is 15.4. The SMILES string of the molecule is CCN1CCCC(Nc2cc(C(=O)O)c([N+](=O)[O-])cn2)C1. The summed E-state index contributed by atoms with van der Waals surface area (Å²) in [5.74, 6) is -0.966. The number of likely N-dealkylation sites (tertiary alicyclic amines) is 1. The minimum atomic E-state index is -1.33. The monoisotopic (exact) mass is 294 g/mol. The molecule has 8 heteroatoms. The van der Waals surface area contributed by atoms with E-state index in [4.69, 9.17) is 5.11 Å². The van der Waals surface area contributed by atoms with Crippen LogP contribution < -0.4 is 5.32 Å². The molecule has 1 saturated heterocycles. The summed E-state index contributed by atoms with van der Waals surface area (Å²) in [5, 5.41) is 23.0. The second kappa shape index (κ2) is 6.49. The van der Waals surface area contributed by atoms with Crippen LogP contribution in [0.4, 0.5) is 11.5 Å². The van der Waals surface area contributed by atoms with Crippen LogP contribution in [0.2, 0.25) is 0 Å². The van der Waals surface area contributed by atoms with E-state index in [-0.39, 0.29) is 11.6 Å². The van der Waals surface area contributed by atoms with Gasteiger partial charge in [0.15, 0.2) is 0 Å². The molecule has 0 spiro atoms. The number of aromatic carboxylic acids is 1. The number of likely N-dealkylation sites (N-methyl/N-ethyl adjacent to an activating group) is 1. The predicted octanol–water partition coefficient (Wildman–Crippen LogP) is 1.58. The Morgan fingerprint density at radius 2 is 2.43 bits per heavy atom. The first-order valence-electron chi connectivity index (χ1n) is 6.88. The smallest absolute Gasteiger partial charge is 0.342 e. The van der Waals surface area contributed by atoms with Crippen LogP contribution in [0.15, 0.2) is 12.3 Å². The lowest BCUT2D eigenvalue weighted by Crippen LogP contribution is -2.42. The molecule has 114 valence electrons. The maximum Gasteiger partial charge on any atom is 0.342 e. The van der Waals surface area contributed by atoms with E-state index in [9.17, 15) is 14.9 Å². The summed E-state index contributed by atoms with van der Waals surface area (Å²) in [6, 6.07) is 1.40. The van der Waals surface area contributed by atoms with Gasteiger partial charge in [-0.05, 0) is 25.9 Å². The molecule has 0 radical (unpaired) electrons. The Hall–Kier alpha value is -2.22. The van der Waals surface area contributed by atoms with Crippen LogP contribution in [0.25, 0.3) is 0 Å². The average molecular weight is 294 g/mol. The predicted molar refractivity (Wildman–Crippen MR) is 76.6 cm³/mol. The molecule has 2 N–H and O–H groups in total. The summed E-state index contributed by atoms with van der Waals surface area (Å²) < 4.78 is 0. The second-order valence-corrected chi connectivity index (χ2v) is 5.03. The summed E-state index contributed by atoms with van der Waals surface area (Å²) in [4.78, 5) is 27.4. The molecule has 8 nitrogen and oxygen atoms in total. The number of carbonyl (C=O) groups is 1. The van der Waals surface area contributed by atoms with Gasteiger partial charge in [0.05, 0.1) is 4.92 Å². The third-order valence-electron chi connectivity index (χ3n) is 3.61. The fourth-order valence-electron chi connectivity index (χ4n) is 2.51. The van der Waals surface area contributed by atoms with Crippen molar-refractivity contribution >= 4 is 17.5 Å². The average Bonchev–Trinajstić information content (AvgIpc) is 2.47. The molecule has 1 aliphatic heterocycles. The van der Waals surface area contributed by atoms with Crippen molar-refractivity contribution in [2.45, 2.75) is 25.8 Å². The highest BCUT2D eigenvalue weighted by atomic mass is 16.6. The highest BCUT2D eigenvalue weighted by Crippen LogP contribution is 2.22. The third kappa shape index (κ3) is 3.66. The maximum absolute atomic E-state index is 11.1. The highest BCUT2D eigenvalue weighted by molar-refractivity contribution is 5.93. The maximum atomic E-state index is 11.1. The van der Waals surface area contributed by atoms with Crippen molar-refractivity contribution < 1.29 is 14.8 Å². The zero-order valence-corrected chi connectivity index (χ0v) is 11.8. The Morgan fingerprint density at radius 3 is 3.05 bits per heavy atom. The highest BCUT2D eigenvalue weighted by Gasteiger charge is 2.23. The van der Waals surface area contributed by atoms with E-state index in [0.29, 0.717) is 5.82 Å². The Kier molecular flexibility index (Phi) is 4.69. The first-order valence-corrected chi connectivity index (χ1v) is 6.88. The van der Waals surface area contributed by atoms with Gasteiger partial charge in [-0.1, -0.05) is 6.92 Å². The molecule has 1 aromatic heterocycles. The van der Waals surface area contributed by atoms with E-state index in [2.05, 4.69) is 22.1 Å². The molecule has 1 atom stereocenters. The van der Waals surface area contributed by atoms with Gasteiger partial charge in [-0.3, -0.25) is 10.1 Å². The lowest BCUT2D eigenvalue weighted by atomic mass is 10.1. The summed E-state index contributed by atoms with van der Waals surface area (Å²) in [5.41, 5.74) is -0.840. The Labute approximate surface area is 121 Å². The number of piperidine rings is 1. The molecular weight excluding hydrogens is 276 g/mol. The number of nitro groups is 1. The topological polar surface area (TPSA) is 109 Å². The third-order valence-corrected chi connectivity index (χ3v) is 3.61. The minimum Gasteiger partial charge on any atom is -0.477 e. The molecular formula is C13H18N4O4. The molecule has 1 aliphatic rings. The van der Waals surface area contributed by atoms with E-state index in [1.165, 1.54) is 6.07 Å². The Morgan fingerprint density at radius 1 is 1.67 bits per heavy atom. The van der Waals surface area contributed by atoms with E-state index in [0.717, 1.165) is 38.7 Å². The number of aromatic nitrogens is 1. The van der Waals surface area contributed by atoms with E-state index in [1.54, 1.807) is 0 Å². The number of rotatable bonds is 5. The van der Waals surface area contributed by atoms with Crippen LogP contribution in [-0.2, 0) is 0 Å². The second-order valence-electron chi connectivity index (χ2n) is 5.03. The van der Waals surface area contributed by atoms with Gasteiger partial charge >= 0.3 is 11.7 Å². The van der Waals surface area contributed by atoms with E-state index < -0.39 is 16.6 Å². The van der Waals surface area contributed by atoms with Crippen molar-refractivity contribution in [1.29, 1.82) is 0 Å². The van der Waals surface area contributed by atoms with Gasteiger partial charge in [0.2, 0.25) is 0 Å². The van der Waals surface area contributed by atoms with Crippen LogP contribution in [0, 0.1) is 10.1 Å². The first-order chi connectivity index (χ1) is 10.0. The van der Waals surface area contributed by atoms with Crippen LogP contribution in [-0.4, -0.2) is 51.6 Å². The van der Waals surface area contributed by atoms with Gasteiger partial charge in [0.1, 0.15) is 17.6 Å². The molecule has 2 heterocycles. The van der Waals surface area contributed by atoms with Crippen molar-refractivity contribution in [1.82, 2.24) is 9.88 Å². The van der Waals surface area contributed by atoms with Crippen molar-refractivity contribution in [2.75, 3.05) is 25.0 Å². The van der Waals surface area contributed by atoms with Gasteiger partial charge in [-0.25, -0.2) is 9.78 Å². The lowest BCUT2D eigenvalue weighted by molar-refractivity contribution is -0.385. The lowest BCUT2D eigenvalue weighted by Gasteiger charge is -2.32. The molecule has 1 fully saturated rings. The molecule has 0 bridgehead atoms. The van der Waals surface area contributed by atoms with Crippen molar-refractivity contribution in [3.8, 4) is 0 Å². The molecule has 0 aromatic carbocycles. The number of hydrogen-bond acceptors (Lipinski definition) is 6. The van der Waals surface area contributed by atoms with Crippen LogP contribution in [0.1, 0.15) is 30.1 Å². The summed E-state index contributed by atoms with van der Waals surface area (Å²) in [6.45, 7) is 4.97. The fraction of sp³-hybridized carbons (Fsp3) is 0.538. The van der Waals surface area contributed by atoms with E-state index in [1.807, 2.05) is 0 Å². The quantitative estimate of drug-likeness (QED) is 0.627. The molecule has 1 unspecified atom stereocenters. The number of nitrogens with one attached hydrogen (secondary N) is 1. The molecule has 0 amide bonds. The molecule has 0 saturated carbocycles. The van der Waals surface area contributed by atoms with Crippen molar-refractivity contribution in [3.05, 3.63) is 27.9 Å². The molecule has 0 aliphatic carbocycles. The van der Waals surface area contributed by atoms with Gasteiger partial charge in [-0.2, -0.15) is 0 Å². The Balaban J connectivity index is 2.15. The number of hydrogen-bond donors (Lipinski definition) is 2. The van der Waals surface area contributed by atoms with Gasteiger partial charge in [0, 0.05) is 18.7 Å². The van der Waals surface area contributed by atoms with Crippen LogP contribution in [0.5, 0.6) is 0 Å². The van der Waals surface area contributed by atoms with Crippen LogP contribution in [0.3, 0.4) is 0 Å². The summed E-state index contributed by atoms with van der Waals surface area (Å²) in [7, 11) is 0. The van der Waals surface area contributed by atoms with Crippen molar-refractivity contribution in [3.63, 3.8) is 0 Å². The number of carboxylic acid groups (broad SMARTS) is 1. The molecule has 21 heavy (non-hydrogen) atoms. The van der Waals surface area contributed by atoms with Gasteiger partial charge in [-0.15, -0.1) is 0 Å². The number of carboxylic acids is 1. The zero-order valence-electron chi connectivity index (χ0n) is 11.8. The standard InChI is InChI=1S/C13H18N4O4/c1-2-16-5-3-4-9(8-16)15-12-6-10(13(18)19)11(7-14-12)17(20)21/h6-7,9H,2-5,8H2,1H3,(H,14,15)(H,18,19). The van der Waals surface area contributed by atoms with Crippen LogP contribution >= 0.6 is 0 Å². The minimum absolute atomic E-state index is 0.175. The normalized spacial score (nSPS) is 19.2. The molecule has 2 rings (SSSR count). The summed E-state index contributed by atoms with van der Waals surface area (Å²) in [6.07, 6.45) is 3.02. The van der Waals surface area contributed by atoms with E-state index >= 15 is 0 Å². The molecule has 1 aromatic rings. The number of anilines is 1. The fourth-order valence-corrected chi connectivity index (χ4v) is 2.51. The number of nitrogens with zero attached hydrogens (tertiary/aromatic N) is 3. The van der Waals surface area contributed by atoms with Gasteiger partial charge < -0.3 is 15.3 Å². The summed E-state index contributed by atoms with van der Waals surface area (Å²) >= 11 is 0. The Bertz CT molecular complexity index is 549. The largest absolute Gasteiger partial charge is 0.477 e.